The summed E-state index contributed by atoms with van der Waals surface area (Å²) in [4.78, 5) is 3.65. The smallest absolute Gasteiger partial charge is 0.153 e. The molecule has 0 spiro atoms. The number of hydrogen-bond acceptors (Lipinski definition) is 0. The van der Waals surface area contributed by atoms with E-state index in [1.165, 1.54) is 33.3 Å². The average Bonchev–Trinajstić information content (AvgIpc) is 2.86. The molecule has 1 atom stereocenters. The molecule has 3 aromatic rings. The number of rotatable bonds is 1. The molecule has 2 nitrogen and oxygen atoms in total. The van der Waals surface area contributed by atoms with Crippen molar-refractivity contribution in [1.29, 1.82) is 0 Å². The summed E-state index contributed by atoms with van der Waals surface area (Å²) in [5, 5.41) is 3.85. The molecule has 0 amide bonds. The van der Waals surface area contributed by atoms with Gasteiger partial charge in [-0.1, -0.05) is 42.0 Å². The maximum absolute atomic E-state index is 3.65. The van der Waals surface area contributed by atoms with Gasteiger partial charge in [0, 0.05) is 22.9 Å². The van der Waals surface area contributed by atoms with Gasteiger partial charge in [-0.2, -0.15) is 0 Å². The molecule has 0 bridgehead atoms. The number of quaternary nitrogens is 1. The summed E-state index contributed by atoms with van der Waals surface area (Å²) in [6.45, 7) is 3.33. The summed E-state index contributed by atoms with van der Waals surface area (Å²) < 4.78 is 0. The number of aryl methyl sites for hydroxylation is 1. The molecule has 4 rings (SSSR count). The monoisotopic (exact) mass is 263 g/mol. The van der Waals surface area contributed by atoms with Crippen molar-refractivity contribution < 1.29 is 5.32 Å². The van der Waals surface area contributed by atoms with Gasteiger partial charge in [0.15, 0.2) is 6.04 Å². The molecule has 20 heavy (non-hydrogen) atoms. The predicted octanol–water partition coefficient (Wildman–Crippen LogP) is 2.69. The number of H-pyrrole nitrogens is 1. The molecule has 1 aliphatic rings. The van der Waals surface area contributed by atoms with Crippen molar-refractivity contribution in [1.82, 2.24) is 4.98 Å². The zero-order chi connectivity index (χ0) is 13.5. The van der Waals surface area contributed by atoms with E-state index in [-0.39, 0.29) is 0 Å². The predicted molar refractivity (Wildman–Crippen MR) is 81.8 cm³/mol. The summed E-state index contributed by atoms with van der Waals surface area (Å²) in [6, 6.07) is 18.0. The lowest BCUT2D eigenvalue weighted by atomic mass is 9.94. The SMILES string of the molecule is Cc1cccc([C@H]2[NH2+]CCc3c2[nH]c2ccccc32)c1. The van der Waals surface area contributed by atoms with Gasteiger partial charge in [-0.15, -0.1) is 0 Å². The van der Waals surface area contributed by atoms with Crippen molar-refractivity contribution in [3.05, 3.63) is 70.9 Å². The molecule has 3 N–H and O–H groups in total. The van der Waals surface area contributed by atoms with Gasteiger partial charge < -0.3 is 10.3 Å². The first-order valence-electron chi connectivity index (χ1n) is 7.32. The van der Waals surface area contributed by atoms with Gasteiger partial charge in [-0.3, -0.25) is 0 Å². The normalized spacial score (nSPS) is 18.1. The minimum absolute atomic E-state index is 0.408. The van der Waals surface area contributed by atoms with Crippen LogP contribution in [0.2, 0.25) is 0 Å². The second-order valence-corrected chi connectivity index (χ2v) is 5.73. The lowest BCUT2D eigenvalue weighted by molar-refractivity contribution is -0.690. The first-order chi connectivity index (χ1) is 9.83. The largest absolute Gasteiger partial charge is 0.353 e. The highest BCUT2D eigenvalue weighted by Crippen LogP contribution is 2.30. The lowest BCUT2D eigenvalue weighted by Crippen LogP contribution is -2.87. The number of nitrogens with one attached hydrogen (secondary N) is 1. The summed E-state index contributed by atoms with van der Waals surface area (Å²) in [7, 11) is 0. The van der Waals surface area contributed by atoms with Crippen LogP contribution in [0, 0.1) is 6.92 Å². The molecule has 2 aromatic carbocycles. The fraction of sp³-hybridized carbons (Fsp3) is 0.222. The molecule has 100 valence electrons. The first kappa shape index (κ1) is 11.7. The van der Waals surface area contributed by atoms with Crippen molar-refractivity contribution >= 4 is 10.9 Å². The highest BCUT2D eigenvalue weighted by molar-refractivity contribution is 5.85. The minimum Gasteiger partial charge on any atom is -0.353 e. The fourth-order valence-corrected chi connectivity index (χ4v) is 3.43. The number of aromatic nitrogens is 1. The van der Waals surface area contributed by atoms with Crippen LogP contribution in [0.3, 0.4) is 0 Å². The second kappa shape index (κ2) is 4.50. The highest BCUT2D eigenvalue weighted by atomic mass is 15.0. The van der Waals surface area contributed by atoms with Crippen LogP contribution in [0.1, 0.15) is 28.4 Å². The molecule has 0 unspecified atom stereocenters. The van der Waals surface area contributed by atoms with Crippen LogP contribution in [-0.2, 0) is 6.42 Å². The molecule has 0 saturated carbocycles. The van der Waals surface area contributed by atoms with Crippen LogP contribution in [0.4, 0.5) is 0 Å². The van der Waals surface area contributed by atoms with E-state index in [1.54, 1.807) is 0 Å². The standard InChI is InChI=1S/C18H18N2/c1-12-5-4-6-13(11-12)17-18-15(9-10-19-17)14-7-2-3-8-16(14)20-18/h2-8,11,17,19-20H,9-10H2,1H3/p+1/t17-/m1/s1. The Labute approximate surface area is 118 Å². The third kappa shape index (κ3) is 1.76. The zero-order valence-electron chi connectivity index (χ0n) is 11.7. The van der Waals surface area contributed by atoms with Crippen LogP contribution >= 0.6 is 0 Å². The number of fused-ring (bicyclic) bond motifs is 3. The fourth-order valence-electron chi connectivity index (χ4n) is 3.43. The molecule has 0 radical (unpaired) electrons. The highest BCUT2D eigenvalue weighted by Gasteiger charge is 2.28. The summed E-state index contributed by atoms with van der Waals surface area (Å²) in [6.07, 6.45) is 1.15. The van der Waals surface area contributed by atoms with Gasteiger partial charge in [0.2, 0.25) is 0 Å². The van der Waals surface area contributed by atoms with Crippen molar-refractivity contribution in [2.45, 2.75) is 19.4 Å². The number of hydrogen-bond donors (Lipinski definition) is 2. The molecule has 2 heterocycles. The molecule has 0 fully saturated rings. The number of aromatic amines is 1. The molecule has 2 heteroatoms. The quantitative estimate of drug-likeness (QED) is 0.677. The Kier molecular flexibility index (Phi) is 2.64. The van der Waals surface area contributed by atoms with E-state index in [0.717, 1.165) is 13.0 Å². The van der Waals surface area contributed by atoms with Crippen LogP contribution in [0.15, 0.2) is 48.5 Å². The molecular weight excluding hydrogens is 244 g/mol. The number of para-hydroxylation sites is 1. The van der Waals surface area contributed by atoms with E-state index < -0.39 is 0 Å². The van der Waals surface area contributed by atoms with Crippen molar-refractivity contribution in [3.8, 4) is 0 Å². The minimum atomic E-state index is 0.408. The lowest BCUT2D eigenvalue weighted by Gasteiger charge is -2.21. The molecule has 0 aliphatic carbocycles. The van der Waals surface area contributed by atoms with Crippen molar-refractivity contribution in [3.63, 3.8) is 0 Å². The van der Waals surface area contributed by atoms with Gasteiger partial charge >= 0.3 is 0 Å². The third-order valence-corrected chi connectivity index (χ3v) is 4.36. The van der Waals surface area contributed by atoms with Gasteiger partial charge in [0.05, 0.1) is 12.2 Å². The van der Waals surface area contributed by atoms with E-state index >= 15 is 0 Å². The summed E-state index contributed by atoms with van der Waals surface area (Å²) in [5.74, 6) is 0. The second-order valence-electron chi connectivity index (χ2n) is 5.73. The third-order valence-electron chi connectivity index (χ3n) is 4.36. The van der Waals surface area contributed by atoms with Gasteiger partial charge in [0.25, 0.3) is 0 Å². The Bertz CT molecular complexity index is 770. The van der Waals surface area contributed by atoms with E-state index in [9.17, 15) is 0 Å². The number of nitrogens with two attached hydrogens (primary N) is 1. The topological polar surface area (TPSA) is 32.4 Å². The number of benzene rings is 2. The Morgan fingerprint density at radius 2 is 2.00 bits per heavy atom. The summed E-state index contributed by atoms with van der Waals surface area (Å²) in [5.41, 5.74) is 6.90. The Hall–Kier alpha value is -2.06. The molecule has 1 aliphatic heterocycles. The van der Waals surface area contributed by atoms with E-state index in [1.807, 2.05) is 0 Å². The van der Waals surface area contributed by atoms with Crippen LogP contribution in [0.25, 0.3) is 10.9 Å². The van der Waals surface area contributed by atoms with Crippen molar-refractivity contribution in [2.75, 3.05) is 6.54 Å². The van der Waals surface area contributed by atoms with Crippen LogP contribution in [-0.4, -0.2) is 11.5 Å². The maximum atomic E-state index is 3.65. The molecule has 1 aromatic heterocycles. The Balaban J connectivity index is 1.90. The van der Waals surface area contributed by atoms with Crippen LogP contribution < -0.4 is 5.32 Å². The van der Waals surface area contributed by atoms with Crippen LogP contribution in [0.5, 0.6) is 0 Å². The van der Waals surface area contributed by atoms with Gasteiger partial charge in [-0.25, -0.2) is 0 Å². The average molecular weight is 263 g/mol. The van der Waals surface area contributed by atoms with E-state index in [2.05, 4.69) is 65.8 Å². The zero-order valence-corrected chi connectivity index (χ0v) is 11.7. The Morgan fingerprint density at radius 1 is 1.10 bits per heavy atom. The van der Waals surface area contributed by atoms with Crippen molar-refractivity contribution in [2.24, 2.45) is 0 Å². The van der Waals surface area contributed by atoms with Gasteiger partial charge in [0.1, 0.15) is 0 Å². The van der Waals surface area contributed by atoms with E-state index in [0.29, 0.717) is 6.04 Å². The summed E-state index contributed by atoms with van der Waals surface area (Å²) >= 11 is 0. The maximum Gasteiger partial charge on any atom is 0.153 e. The molecular formula is C18H19N2+. The first-order valence-corrected chi connectivity index (χ1v) is 7.32. The Morgan fingerprint density at radius 3 is 2.90 bits per heavy atom. The van der Waals surface area contributed by atoms with Gasteiger partial charge in [-0.05, 0) is 24.6 Å². The van der Waals surface area contributed by atoms with E-state index in [4.69, 9.17) is 0 Å². The molecule has 0 saturated heterocycles.